The number of rotatable bonds is 6. The summed E-state index contributed by atoms with van der Waals surface area (Å²) in [4.78, 5) is 27.3. The monoisotopic (exact) mass is 451 g/mol. The maximum atomic E-state index is 13.4. The average molecular weight is 452 g/mol. The number of ether oxygens (including phenoxy) is 2. The summed E-state index contributed by atoms with van der Waals surface area (Å²) >= 11 is 5.64. The van der Waals surface area contributed by atoms with Crippen LogP contribution in [0.2, 0.25) is 0 Å². The maximum Gasteiger partial charge on any atom is 0.337 e. The van der Waals surface area contributed by atoms with Crippen LogP contribution in [0.3, 0.4) is 0 Å². The van der Waals surface area contributed by atoms with Crippen molar-refractivity contribution in [3.63, 3.8) is 0 Å². The Morgan fingerprint density at radius 2 is 1.72 bits per heavy atom. The Morgan fingerprint density at radius 1 is 1.06 bits per heavy atom. The fraction of sp³-hybridized carbons (Fsp3) is 0.292. The molecular formula is C24H25N3O4S. The molecule has 1 amide bonds. The Labute approximate surface area is 192 Å². The lowest BCUT2D eigenvalue weighted by molar-refractivity contribution is -0.113. The first-order valence-electron chi connectivity index (χ1n) is 10.4. The first-order valence-corrected chi connectivity index (χ1v) is 10.8. The van der Waals surface area contributed by atoms with Crippen LogP contribution < -0.4 is 15.4 Å². The van der Waals surface area contributed by atoms with E-state index in [9.17, 15) is 9.59 Å². The van der Waals surface area contributed by atoms with Crippen molar-refractivity contribution in [3.05, 3.63) is 70.9 Å². The molecule has 1 atom stereocenters. The number of hydrogen-bond acceptors (Lipinski definition) is 5. The van der Waals surface area contributed by atoms with E-state index in [1.807, 2.05) is 24.0 Å². The molecular weight excluding hydrogens is 426 g/mol. The largest absolute Gasteiger partial charge is 0.497 e. The number of carbonyl (C=O) groups excluding carboxylic acids is 2. The molecule has 4 rings (SSSR count). The summed E-state index contributed by atoms with van der Waals surface area (Å²) in [6, 6.07) is 14.1. The Morgan fingerprint density at radius 3 is 2.28 bits per heavy atom. The summed E-state index contributed by atoms with van der Waals surface area (Å²) in [5.74, 6) is 0.0923. The van der Waals surface area contributed by atoms with Crippen molar-refractivity contribution in [3.8, 4) is 5.75 Å². The van der Waals surface area contributed by atoms with Crippen molar-refractivity contribution < 1.29 is 19.1 Å². The quantitative estimate of drug-likeness (QED) is 0.511. The van der Waals surface area contributed by atoms with Gasteiger partial charge in [-0.05, 0) is 73.9 Å². The van der Waals surface area contributed by atoms with E-state index in [4.69, 9.17) is 21.7 Å². The lowest BCUT2D eigenvalue weighted by Gasteiger charge is -2.38. The fourth-order valence-electron chi connectivity index (χ4n) is 3.88. The number of benzene rings is 2. The lowest BCUT2D eigenvalue weighted by Crippen LogP contribution is -2.49. The highest BCUT2D eigenvalue weighted by Crippen LogP contribution is 2.38. The molecule has 2 aromatic rings. The van der Waals surface area contributed by atoms with Crippen LogP contribution in [0.15, 0.2) is 59.8 Å². The van der Waals surface area contributed by atoms with E-state index < -0.39 is 12.0 Å². The van der Waals surface area contributed by atoms with Gasteiger partial charge in [0, 0.05) is 17.4 Å². The Bertz CT molecular complexity index is 1080. The van der Waals surface area contributed by atoms with Gasteiger partial charge in [-0.1, -0.05) is 12.1 Å². The second-order valence-electron chi connectivity index (χ2n) is 7.78. The van der Waals surface area contributed by atoms with Crippen molar-refractivity contribution in [1.82, 2.24) is 10.2 Å². The van der Waals surface area contributed by atoms with E-state index in [2.05, 4.69) is 10.6 Å². The Kier molecular flexibility index (Phi) is 6.14. The number of hydrogen-bond donors (Lipinski definition) is 2. The molecule has 1 heterocycles. The highest BCUT2D eigenvalue weighted by atomic mass is 32.1. The molecule has 0 radical (unpaired) electrons. The van der Waals surface area contributed by atoms with Gasteiger partial charge in [0.25, 0.3) is 5.91 Å². The topological polar surface area (TPSA) is 79.9 Å². The third-order valence-electron chi connectivity index (χ3n) is 5.70. The molecule has 7 nitrogen and oxygen atoms in total. The van der Waals surface area contributed by atoms with Gasteiger partial charge in [-0.25, -0.2) is 4.79 Å². The second kappa shape index (κ2) is 9.00. The standard InChI is InChI=1S/C24H25N3O4S/c1-14-20(22(28)25-17-8-12-19(30-2)13-9-17)21(26-24(32)27(14)18-10-11-18)15-4-6-16(7-5-15)23(29)31-3/h4-9,12-13,18,21H,10-11H2,1-3H3,(H,25,28)(H,26,32). The SMILES string of the molecule is COC(=O)c1ccc(C2NC(=S)N(C3CC3)C(C)=C2C(=O)Nc2ccc(OC)cc2)cc1. The minimum atomic E-state index is -0.442. The average Bonchev–Trinajstić information content (AvgIpc) is 3.63. The van der Waals surface area contributed by atoms with Crippen molar-refractivity contribution >= 4 is 34.9 Å². The van der Waals surface area contributed by atoms with Crippen molar-refractivity contribution in [2.45, 2.75) is 31.8 Å². The predicted octanol–water partition coefficient (Wildman–Crippen LogP) is 3.79. The van der Waals surface area contributed by atoms with Crippen LogP contribution in [0, 0.1) is 0 Å². The molecule has 1 saturated carbocycles. The number of carbonyl (C=O) groups is 2. The molecule has 1 aliphatic heterocycles. The fourth-order valence-corrected chi connectivity index (χ4v) is 4.28. The summed E-state index contributed by atoms with van der Waals surface area (Å²) in [6.07, 6.45) is 2.09. The summed E-state index contributed by atoms with van der Waals surface area (Å²) in [5.41, 5.74) is 3.37. The second-order valence-corrected chi connectivity index (χ2v) is 8.17. The highest BCUT2D eigenvalue weighted by Gasteiger charge is 2.40. The molecule has 8 heteroatoms. The molecule has 1 fully saturated rings. The molecule has 2 aliphatic rings. The van der Waals surface area contributed by atoms with Crippen molar-refractivity contribution in [2.75, 3.05) is 19.5 Å². The van der Waals surface area contributed by atoms with E-state index in [-0.39, 0.29) is 5.91 Å². The van der Waals surface area contributed by atoms with Crippen molar-refractivity contribution in [2.24, 2.45) is 0 Å². The Balaban J connectivity index is 1.68. The number of amides is 1. The number of esters is 1. The lowest BCUT2D eigenvalue weighted by atomic mass is 9.93. The molecule has 1 unspecified atom stereocenters. The van der Waals surface area contributed by atoms with Crippen LogP contribution in [0.5, 0.6) is 5.75 Å². The molecule has 0 bridgehead atoms. The number of nitrogens with one attached hydrogen (secondary N) is 2. The molecule has 166 valence electrons. The van der Waals surface area contributed by atoms with Gasteiger partial charge < -0.3 is 25.0 Å². The van der Waals surface area contributed by atoms with Crippen LogP contribution in [-0.4, -0.2) is 42.2 Å². The number of nitrogens with zero attached hydrogens (tertiary/aromatic N) is 1. The van der Waals surface area contributed by atoms with E-state index in [0.717, 1.165) is 24.1 Å². The zero-order chi connectivity index (χ0) is 22.8. The van der Waals surface area contributed by atoms with Crippen LogP contribution in [0.25, 0.3) is 0 Å². The van der Waals surface area contributed by atoms with E-state index >= 15 is 0 Å². The van der Waals surface area contributed by atoms with E-state index in [1.54, 1.807) is 43.5 Å². The third kappa shape index (κ3) is 4.31. The molecule has 0 aromatic heterocycles. The molecule has 2 N–H and O–H groups in total. The molecule has 32 heavy (non-hydrogen) atoms. The third-order valence-corrected chi connectivity index (χ3v) is 6.01. The molecule has 1 aliphatic carbocycles. The molecule has 2 aromatic carbocycles. The summed E-state index contributed by atoms with van der Waals surface area (Å²) in [6.45, 7) is 1.93. The van der Waals surface area contributed by atoms with Gasteiger partial charge in [0.1, 0.15) is 5.75 Å². The number of methoxy groups -OCH3 is 2. The van der Waals surface area contributed by atoms with E-state index in [0.29, 0.717) is 33.7 Å². The van der Waals surface area contributed by atoms with Gasteiger partial charge in [-0.3, -0.25) is 4.79 Å². The van der Waals surface area contributed by atoms with Gasteiger partial charge in [0.2, 0.25) is 0 Å². The summed E-state index contributed by atoms with van der Waals surface area (Å²) < 4.78 is 9.97. The Hall–Kier alpha value is -3.39. The summed E-state index contributed by atoms with van der Waals surface area (Å²) in [7, 11) is 2.94. The van der Waals surface area contributed by atoms with Crippen LogP contribution in [0.4, 0.5) is 5.69 Å². The minimum absolute atomic E-state index is 0.213. The zero-order valence-electron chi connectivity index (χ0n) is 18.2. The smallest absolute Gasteiger partial charge is 0.337 e. The van der Waals surface area contributed by atoms with Gasteiger partial charge in [0.15, 0.2) is 5.11 Å². The maximum absolute atomic E-state index is 13.4. The molecule has 0 spiro atoms. The first kappa shape index (κ1) is 21.8. The predicted molar refractivity (Wildman–Crippen MR) is 125 cm³/mol. The van der Waals surface area contributed by atoms with Gasteiger partial charge in [0.05, 0.1) is 31.4 Å². The van der Waals surface area contributed by atoms with Crippen LogP contribution in [0.1, 0.15) is 41.7 Å². The normalized spacial score (nSPS) is 18.2. The minimum Gasteiger partial charge on any atom is -0.497 e. The van der Waals surface area contributed by atoms with Crippen LogP contribution in [-0.2, 0) is 9.53 Å². The molecule has 0 saturated heterocycles. The van der Waals surface area contributed by atoms with E-state index in [1.165, 1.54) is 7.11 Å². The number of allylic oxidation sites excluding steroid dienone is 1. The van der Waals surface area contributed by atoms with Gasteiger partial charge in [-0.15, -0.1) is 0 Å². The number of anilines is 1. The van der Waals surface area contributed by atoms with Gasteiger partial charge in [-0.2, -0.15) is 0 Å². The number of thiocarbonyl (C=S) groups is 1. The summed E-state index contributed by atoms with van der Waals surface area (Å²) in [5, 5.41) is 6.93. The highest BCUT2D eigenvalue weighted by molar-refractivity contribution is 7.80. The van der Waals surface area contributed by atoms with Gasteiger partial charge >= 0.3 is 5.97 Å². The zero-order valence-corrected chi connectivity index (χ0v) is 19.0. The van der Waals surface area contributed by atoms with Crippen LogP contribution >= 0.6 is 12.2 Å². The van der Waals surface area contributed by atoms with Crippen molar-refractivity contribution in [1.29, 1.82) is 0 Å². The first-order chi connectivity index (χ1) is 15.4.